The first kappa shape index (κ1) is 12.2. The second kappa shape index (κ2) is 4.55. The Bertz CT molecular complexity index is 322. The predicted molar refractivity (Wildman–Crippen MR) is 62.7 cm³/mol. The van der Waals surface area contributed by atoms with Crippen LogP contribution in [-0.2, 0) is 4.79 Å². The van der Waals surface area contributed by atoms with E-state index in [2.05, 4.69) is 12.2 Å². The number of hydrogen-bond donors (Lipinski definition) is 2. The first-order valence-corrected chi connectivity index (χ1v) is 6.23. The number of nitrogens with one attached hydrogen (secondary N) is 1. The van der Waals surface area contributed by atoms with Gasteiger partial charge in [-0.25, -0.2) is 4.79 Å². The van der Waals surface area contributed by atoms with Crippen molar-refractivity contribution in [1.29, 1.82) is 0 Å². The molecule has 0 aliphatic heterocycles. The van der Waals surface area contributed by atoms with Crippen LogP contribution < -0.4 is 5.32 Å². The molecule has 0 bridgehead atoms. The van der Waals surface area contributed by atoms with Crippen LogP contribution in [0.1, 0.15) is 32.6 Å². The van der Waals surface area contributed by atoms with E-state index in [1.807, 2.05) is 0 Å². The lowest BCUT2D eigenvalue weighted by Gasteiger charge is -2.22. The summed E-state index contributed by atoms with van der Waals surface area (Å²) in [6.07, 6.45) is 4.52. The van der Waals surface area contributed by atoms with Crippen molar-refractivity contribution >= 4 is 12.0 Å². The molecule has 5 nitrogen and oxygen atoms in total. The van der Waals surface area contributed by atoms with Crippen molar-refractivity contribution in [1.82, 2.24) is 10.2 Å². The minimum atomic E-state index is -0.946. The molecule has 0 aromatic rings. The minimum absolute atomic E-state index is 0.195. The quantitative estimate of drug-likeness (QED) is 0.735. The van der Waals surface area contributed by atoms with Crippen molar-refractivity contribution in [2.75, 3.05) is 19.6 Å². The molecule has 0 spiro atoms. The zero-order chi connectivity index (χ0) is 12.5. The Hall–Kier alpha value is -1.26. The highest BCUT2D eigenvalue weighted by molar-refractivity contribution is 5.80. The van der Waals surface area contributed by atoms with Gasteiger partial charge in [0.05, 0.1) is 0 Å². The highest BCUT2D eigenvalue weighted by atomic mass is 16.4. The number of urea groups is 1. The van der Waals surface area contributed by atoms with Crippen molar-refractivity contribution in [2.24, 2.45) is 11.3 Å². The molecule has 2 fully saturated rings. The van der Waals surface area contributed by atoms with Gasteiger partial charge in [0.25, 0.3) is 0 Å². The number of aliphatic carboxylic acids is 1. The van der Waals surface area contributed by atoms with Crippen LogP contribution in [-0.4, -0.2) is 41.6 Å². The van der Waals surface area contributed by atoms with Crippen molar-refractivity contribution in [3.8, 4) is 0 Å². The summed E-state index contributed by atoms with van der Waals surface area (Å²) in [6.45, 7) is 3.18. The molecular formula is C12H20N2O3. The molecule has 5 heteroatoms. The standard InChI is InChI=1S/C12H20N2O3/c1-12(4-5-12)8-13-11(17)14(7-10(15)16)6-9-2-3-9/h9H,2-8H2,1H3,(H,13,17)(H,15,16). The lowest BCUT2D eigenvalue weighted by molar-refractivity contribution is -0.137. The summed E-state index contributed by atoms with van der Waals surface area (Å²) in [7, 11) is 0. The third-order valence-corrected chi connectivity index (χ3v) is 3.56. The molecule has 0 saturated heterocycles. The largest absolute Gasteiger partial charge is 0.480 e. The summed E-state index contributed by atoms with van der Waals surface area (Å²) >= 11 is 0. The van der Waals surface area contributed by atoms with Crippen LogP contribution in [0, 0.1) is 11.3 Å². The van der Waals surface area contributed by atoms with E-state index >= 15 is 0 Å². The van der Waals surface area contributed by atoms with E-state index in [0.29, 0.717) is 19.0 Å². The molecule has 2 amide bonds. The van der Waals surface area contributed by atoms with E-state index in [9.17, 15) is 9.59 Å². The maximum Gasteiger partial charge on any atom is 0.323 e. The van der Waals surface area contributed by atoms with Gasteiger partial charge in [-0.1, -0.05) is 6.92 Å². The summed E-state index contributed by atoms with van der Waals surface area (Å²) in [5, 5.41) is 11.6. The average molecular weight is 240 g/mol. The molecule has 2 aliphatic carbocycles. The van der Waals surface area contributed by atoms with Crippen LogP contribution in [0.3, 0.4) is 0 Å². The first-order valence-electron chi connectivity index (χ1n) is 6.23. The van der Waals surface area contributed by atoms with Crippen LogP contribution in [0.15, 0.2) is 0 Å². The van der Waals surface area contributed by atoms with Gasteiger partial charge in [-0.3, -0.25) is 4.79 Å². The lowest BCUT2D eigenvalue weighted by atomic mass is 10.1. The van der Waals surface area contributed by atoms with Crippen molar-refractivity contribution in [2.45, 2.75) is 32.6 Å². The SMILES string of the molecule is CC1(CNC(=O)N(CC(=O)O)CC2CC2)CC1. The van der Waals surface area contributed by atoms with Gasteiger partial charge in [0.2, 0.25) is 0 Å². The molecule has 2 N–H and O–H groups in total. The van der Waals surface area contributed by atoms with Crippen molar-refractivity contribution in [3.05, 3.63) is 0 Å². The van der Waals surface area contributed by atoms with E-state index in [1.54, 1.807) is 0 Å². The minimum Gasteiger partial charge on any atom is -0.480 e. The van der Waals surface area contributed by atoms with Crippen LogP contribution in [0.2, 0.25) is 0 Å². The fourth-order valence-electron chi connectivity index (χ4n) is 1.79. The topological polar surface area (TPSA) is 69.6 Å². The highest BCUT2D eigenvalue weighted by Crippen LogP contribution is 2.44. The molecule has 0 unspecified atom stereocenters. The number of rotatable bonds is 6. The van der Waals surface area contributed by atoms with Crippen molar-refractivity contribution < 1.29 is 14.7 Å². The van der Waals surface area contributed by atoms with Crippen LogP contribution >= 0.6 is 0 Å². The lowest BCUT2D eigenvalue weighted by Crippen LogP contribution is -2.45. The Kier molecular flexibility index (Phi) is 3.26. The Morgan fingerprint density at radius 3 is 2.53 bits per heavy atom. The zero-order valence-corrected chi connectivity index (χ0v) is 10.2. The predicted octanol–water partition coefficient (Wildman–Crippen LogP) is 1.29. The summed E-state index contributed by atoms with van der Waals surface area (Å²) in [5.74, 6) is -0.435. The van der Waals surface area contributed by atoms with Gasteiger partial charge in [0.1, 0.15) is 6.54 Å². The molecule has 0 atom stereocenters. The molecule has 0 aromatic heterocycles. The molecule has 2 saturated carbocycles. The summed E-state index contributed by atoms with van der Waals surface area (Å²) in [4.78, 5) is 24.0. The molecular weight excluding hydrogens is 220 g/mol. The van der Waals surface area contributed by atoms with Gasteiger partial charge in [-0.2, -0.15) is 0 Å². The number of carboxylic acid groups (broad SMARTS) is 1. The maximum absolute atomic E-state index is 11.9. The first-order chi connectivity index (χ1) is 7.98. The third kappa shape index (κ3) is 3.91. The number of carboxylic acids is 1. The number of hydrogen-bond acceptors (Lipinski definition) is 2. The van der Waals surface area contributed by atoms with Gasteiger partial charge in [-0.15, -0.1) is 0 Å². The number of carbonyl (C=O) groups excluding carboxylic acids is 1. The Balaban J connectivity index is 1.79. The maximum atomic E-state index is 11.9. The number of nitrogens with zero attached hydrogens (tertiary/aromatic N) is 1. The molecule has 2 rings (SSSR count). The second-order valence-electron chi connectivity index (χ2n) is 5.69. The van der Waals surface area contributed by atoms with Crippen molar-refractivity contribution in [3.63, 3.8) is 0 Å². The van der Waals surface area contributed by atoms with E-state index in [1.165, 1.54) is 4.90 Å². The third-order valence-electron chi connectivity index (χ3n) is 3.56. The Labute approximate surface area is 101 Å². The van der Waals surface area contributed by atoms with E-state index in [0.717, 1.165) is 25.7 Å². The number of carbonyl (C=O) groups is 2. The second-order valence-corrected chi connectivity index (χ2v) is 5.69. The fraction of sp³-hybridized carbons (Fsp3) is 0.833. The Morgan fingerprint density at radius 1 is 1.41 bits per heavy atom. The normalized spacial score (nSPS) is 20.8. The summed E-state index contributed by atoms with van der Waals surface area (Å²) < 4.78 is 0. The van der Waals surface area contributed by atoms with Gasteiger partial charge < -0.3 is 15.3 Å². The highest BCUT2D eigenvalue weighted by Gasteiger charge is 2.38. The monoisotopic (exact) mass is 240 g/mol. The fourth-order valence-corrected chi connectivity index (χ4v) is 1.79. The molecule has 0 heterocycles. The van der Waals surface area contributed by atoms with Gasteiger partial charge in [0.15, 0.2) is 0 Å². The van der Waals surface area contributed by atoms with Gasteiger partial charge in [-0.05, 0) is 37.0 Å². The van der Waals surface area contributed by atoms with Crippen LogP contribution in [0.5, 0.6) is 0 Å². The molecule has 17 heavy (non-hydrogen) atoms. The Morgan fingerprint density at radius 2 is 2.06 bits per heavy atom. The van der Waals surface area contributed by atoms with Crippen LogP contribution in [0.4, 0.5) is 4.79 Å². The summed E-state index contributed by atoms with van der Waals surface area (Å²) in [5.41, 5.74) is 0.254. The van der Waals surface area contributed by atoms with E-state index < -0.39 is 5.97 Å². The zero-order valence-electron chi connectivity index (χ0n) is 10.2. The molecule has 0 radical (unpaired) electrons. The molecule has 2 aliphatic rings. The smallest absolute Gasteiger partial charge is 0.323 e. The van der Waals surface area contributed by atoms with E-state index in [-0.39, 0.29) is 18.0 Å². The van der Waals surface area contributed by atoms with Gasteiger partial charge >= 0.3 is 12.0 Å². The van der Waals surface area contributed by atoms with Gasteiger partial charge in [0, 0.05) is 13.1 Å². The van der Waals surface area contributed by atoms with Crippen LogP contribution in [0.25, 0.3) is 0 Å². The molecule has 0 aromatic carbocycles. The summed E-state index contributed by atoms with van der Waals surface area (Å²) in [6, 6.07) is -0.229. The molecule has 96 valence electrons. The average Bonchev–Trinajstić information content (AvgIpc) is 3.13. The van der Waals surface area contributed by atoms with E-state index in [4.69, 9.17) is 5.11 Å². The number of amides is 2.